The fourth-order valence-electron chi connectivity index (χ4n) is 2.57. The van der Waals surface area contributed by atoms with Crippen LogP contribution in [0.25, 0.3) is 11.4 Å². The van der Waals surface area contributed by atoms with E-state index < -0.39 is 0 Å². The van der Waals surface area contributed by atoms with E-state index in [4.69, 9.17) is 11.6 Å². The third kappa shape index (κ3) is 5.04. The number of anilines is 1. The maximum atomic E-state index is 12.3. The zero-order valence-corrected chi connectivity index (χ0v) is 18.1. The van der Waals surface area contributed by atoms with Crippen LogP contribution in [0, 0.1) is 0 Å². The van der Waals surface area contributed by atoms with Gasteiger partial charge in [0.15, 0.2) is 11.0 Å². The molecule has 0 aliphatic carbocycles. The van der Waals surface area contributed by atoms with Gasteiger partial charge in [-0.05, 0) is 30.2 Å². The Morgan fingerprint density at radius 3 is 2.89 bits per heavy atom. The van der Waals surface area contributed by atoms with Crippen LogP contribution in [-0.2, 0) is 11.3 Å². The SMILES string of the molecule is C=CCn1c(SCC(=O)Nc2cccc(Cl)c2)nnc1-c1csc(C(C)C)c1. The van der Waals surface area contributed by atoms with Crippen molar-refractivity contribution < 1.29 is 4.79 Å². The molecule has 1 aromatic carbocycles. The van der Waals surface area contributed by atoms with Crippen molar-refractivity contribution in [1.29, 1.82) is 0 Å². The van der Waals surface area contributed by atoms with Crippen molar-refractivity contribution in [2.45, 2.75) is 31.5 Å². The Bertz CT molecular complexity index is 980. The summed E-state index contributed by atoms with van der Waals surface area (Å²) in [5.74, 6) is 1.36. The molecule has 0 radical (unpaired) electrons. The molecule has 3 rings (SSSR count). The summed E-state index contributed by atoms with van der Waals surface area (Å²) in [5, 5.41) is 14.8. The van der Waals surface area contributed by atoms with Crippen LogP contribution in [0.15, 0.2) is 53.5 Å². The number of nitrogens with zero attached hydrogens (tertiary/aromatic N) is 3. The van der Waals surface area contributed by atoms with Crippen LogP contribution in [0.4, 0.5) is 5.69 Å². The first-order chi connectivity index (χ1) is 13.5. The van der Waals surface area contributed by atoms with Crippen molar-refractivity contribution in [3.8, 4) is 11.4 Å². The molecule has 28 heavy (non-hydrogen) atoms. The minimum absolute atomic E-state index is 0.125. The van der Waals surface area contributed by atoms with E-state index in [-0.39, 0.29) is 11.7 Å². The highest BCUT2D eigenvalue weighted by molar-refractivity contribution is 7.99. The van der Waals surface area contributed by atoms with Gasteiger partial charge in [-0.3, -0.25) is 9.36 Å². The maximum Gasteiger partial charge on any atom is 0.234 e. The van der Waals surface area contributed by atoms with Crippen LogP contribution >= 0.6 is 34.7 Å². The van der Waals surface area contributed by atoms with Gasteiger partial charge in [0.25, 0.3) is 0 Å². The predicted octanol–water partition coefficient (Wildman–Crippen LogP) is 5.70. The molecule has 2 aromatic heterocycles. The van der Waals surface area contributed by atoms with Crippen molar-refractivity contribution in [2.75, 3.05) is 11.1 Å². The van der Waals surface area contributed by atoms with Crippen molar-refractivity contribution in [3.63, 3.8) is 0 Å². The summed E-state index contributed by atoms with van der Waals surface area (Å²) in [6.45, 7) is 8.75. The number of rotatable bonds is 8. The van der Waals surface area contributed by atoms with Crippen molar-refractivity contribution in [3.05, 3.63) is 58.3 Å². The Labute approximate surface area is 177 Å². The van der Waals surface area contributed by atoms with E-state index in [0.717, 1.165) is 11.4 Å². The van der Waals surface area contributed by atoms with Gasteiger partial charge in [-0.1, -0.05) is 49.4 Å². The molecule has 0 unspecified atom stereocenters. The average molecular weight is 433 g/mol. The quantitative estimate of drug-likeness (QED) is 0.366. The number of halogens is 1. The number of hydrogen-bond donors (Lipinski definition) is 1. The number of thiophene rings is 1. The van der Waals surface area contributed by atoms with Gasteiger partial charge in [0, 0.05) is 33.1 Å². The molecular weight excluding hydrogens is 412 g/mol. The fourth-order valence-corrected chi connectivity index (χ4v) is 4.41. The van der Waals surface area contributed by atoms with Gasteiger partial charge in [0.2, 0.25) is 5.91 Å². The van der Waals surface area contributed by atoms with Gasteiger partial charge < -0.3 is 5.32 Å². The molecule has 8 heteroatoms. The largest absolute Gasteiger partial charge is 0.325 e. The van der Waals surface area contributed by atoms with Gasteiger partial charge in [0.05, 0.1) is 5.75 Å². The molecule has 0 spiro atoms. The molecule has 146 valence electrons. The van der Waals surface area contributed by atoms with Gasteiger partial charge in [0.1, 0.15) is 0 Å². The van der Waals surface area contributed by atoms with Crippen molar-refractivity contribution >= 4 is 46.3 Å². The summed E-state index contributed by atoms with van der Waals surface area (Å²) in [7, 11) is 0. The number of carbonyl (C=O) groups is 1. The van der Waals surface area contributed by atoms with E-state index in [0.29, 0.717) is 28.3 Å². The van der Waals surface area contributed by atoms with E-state index in [1.807, 2.05) is 4.57 Å². The second kappa shape index (κ2) is 9.41. The lowest BCUT2D eigenvalue weighted by molar-refractivity contribution is -0.113. The lowest BCUT2D eigenvalue weighted by Gasteiger charge is -2.08. The van der Waals surface area contributed by atoms with E-state index in [1.165, 1.54) is 16.6 Å². The van der Waals surface area contributed by atoms with Crippen LogP contribution in [0.2, 0.25) is 5.02 Å². The molecule has 0 saturated carbocycles. The molecule has 0 aliphatic heterocycles. The molecule has 2 heterocycles. The van der Waals surface area contributed by atoms with Crippen molar-refractivity contribution in [1.82, 2.24) is 14.8 Å². The highest BCUT2D eigenvalue weighted by Gasteiger charge is 2.17. The molecule has 0 atom stereocenters. The first kappa shape index (κ1) is 20.6. The smallest absolute Gasteiger partial charge is 0.234 e. The second-order valence-corrected chi connectivity index (χ2v) is 8.77. The van der Waals surface area contributed by atoms with Gasteiger partial charge in [-0.15, -0.1) is 28.1 Å². The summed E-state index contributed by atoms with van der Waals surface area (Å²) < 4.78 is 1.98. The summed E-state index contributed by atoms with van der Waals surface area (Å²) in [6, 6.07) is 9.23. The molecule has 3 aromatic rings. The van der Waals surface area contributed by atoms with Crippen LogP contribution in [0.5, 0.6) is 0 Å². The second-order valence-electron chi connectivity index (χ2n) is 6.45. The molecule has 1 amide bonds. The van der Waals surface area contributed by atoms with Crippen molar-refractivity contribution in [2.24, 2.45) is 0 Å². The topological polar surface area (TPSA) is 59.8 Å². The molecule has 0 aliphatic rings. The number of benzene rings is 1. The third-order valence-corrected chi connectivity index (χ3v) is 6.35. The first-order valence-electron chi connectivity index (χ1n) is 8.79. The minimum atomic E-state index is -0.125. The third-order valence-electron chi connectivity index (χ3n) is 3.92. The predicted molar refractivity (Wildman–Crippen MR) is 118 cm³/mol. The number of amides is 1. The zero-order chi connectivity index (χ0) is 20.1. The van der Waals surface area contributed by atoms with Gasteiger partial charge in [-0.2, -0.15) is 0 Å². The summed E-state index contributed by atoms with van der Waals surface area (Å²) in [5.41, 5.74) is 1.71. The number of aromatic nitrogens is 3. The van der Waals surface area contributed by atoms with E-state index in [9.17, 15) is 4.79 Å². The maximum absolute atomic E-state index is 12.3. The number of allylic oxidation sites excluding steroid dienone is 1. The Morgan fingerprint density at radius 2 is 2.21 bits per heavy atom. The highest BCUT2D eigenvalue weighted by atomic mass is 35.5. The molecule has 0 bridgehead atoms. The van der Waals surface area contributed by atoms with Gasteiger partial charge in [-0.25, -0.2) is 0 Å². The zero-order valence-electron chi connectivity index (χ0n) is 15.7. The van der Waals surface area contributed by atoms with E-state index in [2.05, 4.69) is 47.4 Å². The highest BCUT2D eigenvalue weighted by Crippen LogP contribution is 2.31. The molecule has 5 nitrogen and oxygen atoms in total. The van der Waals surface area contributed by atoms with Crippen LogP contribution in [-0.4, -0.2) is 26.4 Å². The lowest BCUT2D eigenvalue weighted by Crippen LogP contribution is -2.14. The Morgan fingerprint density at radius 1 is 1.39 bits per heavy atom. The Balaban J connectivity index is 1.72. The fraction of sp³-hybridized carbons (Fsp3) is 0.250. The van der Waals surface area contributed by atoms with E-state index >= 15 is 0 Å². The molecular formula is C20H21ClN4OS2. The van der Waals surface area contributed by atoms with Gasteiger partial charge >= 0.3 is 0 Å². The summed E-state index contributed by atoms with van der Waals surface area (Å²) in [6.07, 6.45) is 1.80. The first-order valence-corrected chi connectivity index (χ1v) is 11.0. The number of hydrogen-bond acceptors (Lipinski definition) is 5. The monoisotopic (exact) mass is 432 g/mol. The standard InChI is InChI=1S/C20H21ClN4OS2/c1-4-8-25-19(14-9-17(13(2)3)27-11-14)23-24-20(25)28-12-18(26)22-16-7-5-6-15(21)10-16/h4-7,9-11,13H,1,8,12H2,2-3H3,(H,22,26). The number of carbonyl (C=O) groups excluding carboxylic acids is 1. The summed E-state index contributed by atoms with van der Waals surface area (Å²) in [4.78, 5) is 13.6. The number of nitrogens with one attached hydrogen (secondary N) is 1. The minimum Gasteiger partial charge on any atom is -0.325 e. The molecule has 0 saturated heterocycles. The van der Waals surface area contributed by atoms with E-state index in [1.54, 1.807) is 41.7 Å². The van der Waals surface area contributed by atoms with Crippen LogP contribution in [0.3, 0.4) is 0 Å². The molecule has 1 N–H and O–H groups in total. The lowest BCUT2D eigenvalue weighted by atomic mass is 10.1. The van der Waals surface area contributed by atoms with Crippen LogP contribution in [0.1, 0.15) is 24.6 Å². The normalized spacial score (nSPS) is 11.0. The molecule has 0 fully saturated rings. The Hall–Kier alpha value is -2.09. The summed E-state index contributed by atoms with van der Waals surface area (Å²) >= 11 is 9.02. The average Bonchev–Trinajstić information content (AvgIpc) is 3.27. The Kier molecular flexibility index (Phi) is 6.93. The number of thioether (sulfide) groups is 1. The van der Waals surface area contributed by atoms with Crippen LogP contribution < -0.4 is 5.32 Å².